The van der Waals surface area contributed by atoms with E-state index in [2.05, 4.69) is 34.3 Å². The molecule has 20 heavy (non-hydrogen) atoms. The summed E-state index contributed by atoms with van der Waals surface area (Å²) in [5, 5.41) is 11.5. The van der Waals surface area contributed by atoms with Crippen LogP contribution in [-0.2, 0) is 6.42 Å². The van der Waals surface area contributed by atoms with E-state index < -0.39 is 0 Å². The van der Waals surface area contributed by atoms with E-state index in [4.69, 9.17) is 9.15 Å². The molecule has 6 heteroatoms. The van der Waals surface area contributed by atoms with Gasteiger partial charge >= 0.3 is 0 Å². The lowest BCUT2D eigenvalue weighted by atomic mass is 10.2. The molecule has 2 aromatic heterocycles. The highest BCUT2D eigenvalue weighted by atomic mass is 16.5. The molecule has 0 saturated carbocycles. The first-order valence-electron chi connectivity index (χ1n) is 6.76. The number of hydrogen-bond acceptors (Lipinski definition) is 6. The van der Waals surface area contributed by atoms with E-state index in [1.807, 2.05) is 12.1 Å². The molecule has 0 fully saturated rings. The Hall–Kier alpha value is -1.95. The van der Waals surface area contributed by atoms with Crippen molar-refractivity contribution in [3.63, 3.8) is 0 Å². The number of aryl methyl sites for hydroxylation is 1. The molecule has 6 nitrogen and oxygen atoms in total. The third-order valence-electron chi connectivity index (χ3n) is 2.78. The van der Waals surface area contributed by atoms with Crippen molar-refractivity contribution >= 4 is 0 Å². The highest BCUT2D eigenvalue weighted by Crippen LogP contribution is 2.26. The summed E-state index contributed by atoms with van der Waals surface area (Å²) in [5.74, 6) is 1.57. The van der Waals surface area contributed by atoms with Gasteiger partial charge in [0.25, 0.3) is 5.89 Å². The van der Waals surface area contributed by atoms with Crippen LogP contribution in [0.4, 0.5) is 0 Å². The second kappa shape index (κ2) is 7.00. The number of nitrogens with zero attached hydrogens (tertiary/aromatic N) is 3. The van der Waals surface area contributed by atoms with Gasteiger partial charge in [-0.1, -0.05) is 13.8 Å². The zero-order valence-electron chi connectivity index (χ0n) is 12.1. The summed E-state index contributed by atoms with van der Waals surface area (Å²) >= 11 is 0. The lowest BCUT2D eigenvalue weighted by Gasteiger charge is -2.05. The number of methoxy groups -OCH3 is 1. The van der Waals surface area contributed by atoms with Crippen LogP contribution in [0.25, 0.3) is 11.5 Å². The monoisotopic (exact) mass is 276 g/mol. The molecule has 0 aliphatic rings. The summed E-state index contributed by atoms with van der Waals surface area (Å²) < 4.78 is 10.8. The van der Waals surface area contributed by atoms with Crippen LogP contribution in [0.2, 0.25) is 0 Å². The number of nitrogens with one attached hydrogen (secondary N) is 1. The Kier molecular flexibility index (Phi) is 5.06. The van der Waals surface area contributed by atoms with Gasteiger partial charge in [-0.25, -0.2) is 4.98 Å². The number of pyridine rings is 1. The van der Waals surface area contributed by atoms with Gasteiger partial charge in [0, 0.05) is 18.7 Å². The van der Waals surface area contributed by atoms with Crippen molar-refractivity contribution in [1.82, 2.24) is 20.5 Å². The van der Waals surface area contributed by atoms with Crippen LogP contribution in [0.5, 0.6) is 5.88 Å². The molecular weight excluding hydrogens is 256 g/mol. The lowest BCUT2D eigenvalue weighted by molar-refractivity contribution is 0.396. The molecule has 1 N–H and O–H groups in total. The summed E-state index contributed by atoms with van der Waals surface area (Å²) in [6.07, 6.45) is 3.39. The van der Waals surface area contributed by atoms with Gasteiger partial charge in [0.05, 0.1) is 7.11 Å². The molecule has 0 spiro atoms. The van der Waals surface area contributed by atoms with Gasteiger partial charge in [0.15, 0.2) is 0 Å². The van der Waals surface area contributed by atoms with Crippen LogP contribution in [0.1, 0.15) is 26.2 Å². The molecule has 0 atom stereocenters. The Morgan fingerprint density at radius 1 is 1.35 bits per heavy atom. The first kappa shape index (κ1) is 14.5. The van der Waals surface area contributed by atoms with Gasteiger partial charge in [0.2, 0.25) is 11.8 Å². The molecule has 0 aromatic carbocycles. The van der Waals surface area contributed by atoms with Gasteiger partial charge in [-0.2, -0.15) is 0 Å². The topological polar surface area (TPSA) is 73.1 Å². The summed E-state index contributed by atoms with van der Waals surface area (Å²) in [4.78, 5) is 4.12. The van der Waals surface area contributed by atoms with Gasteiger partial charge in [0.1, 0.15) is 5.56 Å². The van der Waals surface area contributed by atoms with Crippen LogP contribution in [0.15, 0.2) is 22.7 Å². The molecule has 0 aliphatic carbocycles. The van der Waals surface area contributed by atoms with E-state index in [1.165, 1.54) is 0 Å². The first-order chi connectivity index (χ1) is 9.70. The molecule has 2 heterocycles. The van der Waals surface area contributed by atoms with Crippen LogP contribution in [-0.4, -0.2) is 34.9 Å². The molecular formula is C14H20N4O2. The van der Waals surface area contributed by atoms with Gasteiger partial charge in [-0.15, -0.1) is 10.2 Å². The fourth-order valence-electron chi connectivity index (χ4n) is 1.81. The second-order valence-corrected chi connectivity index (χ2v) is 4.77. The van der Waals surface area contributed by atoms with Crippen LogP contribution in [0, 0.1) is 0 Å². The smallest absolute Gasteiger partial charge is 0.253 e. The van der Waals surface area contributed by atoms with Gasteiger partial charge in [-0.05, 0) is 25.1 Å². The number of aromatic nitrogens is 3. The minimum atomic E-state index is 0.446. The molecule has 108 valence electrons. The molecule has 2 rings (SSSR count). The molecule has 0 bridgehead atoms. The van der Waals surface area contributed by atoms with E-state index in [1.54, 1.807) is 13.3 Å². The molecule has 2 aromatic rings. The molecule has 0 aliphatic heterocycles. The highest BCUT2D eigenvalue weighted by Gasteiger charge is 2.13. The van der Waals surface area contributed by atoms with Crippen LogP contribution in [0.3, 0.4) is 0 Å². The highest BCUT2D eigenvalue weighted by molar-refractivity contribution is 5.59. The zero-order valence-corrected chi connectivity index (χ0v) is 12.1. The standard InChI is InChI=1S/C14H20N4O2/c1-10(2)15-8-5-7-12-17-18-14(20-12)11-6-4-9-16-13(11)19-3/h4,6,9-10,15H,5,7-8H2,1-3H3. The molecule has 0 saturated heterocycles. The predicted octanol–water partition coefficient (Wildman–Crippen LogP) is 2.07. The van der Waals surface area contributed by atoms with Crippen molar-refractivity contribution in [2.45, 2.75) is 32.7 Å². The minimum absolute atomic E-state index is 0.446. The maximum absolute atomic E-state index is 5.65. The van der Waals surface area contributed by atoms with Crippen molar-refractivity contribution in [2.75, 3.05) is 13.7 Å². The summed E-state index contributed by atoms with van der Waals surface area (Å²) in [5.41, 5.74) is 0.717. The van der Waals surface area contributed by atoms with E-state index in [0.717, 1.165) is 19.4 Å². The van der Waals surface area contributed by atoms with Crippen molar-refractivity contribution < 1.29 is 9.15 Å². The lowest BCUT2D eigenvalue weighted by Crippen LogP contribution is -2.23. The van der Waals surface area contributed by atoms with E-state index in [9.17, 15) is 0 Å². The molecule has 0 amide bonds. The van der Waals surface area contributed by atoms with Gasteiger partial charge < -0.3 is 14.5 Å². The first-order valence-corrected chi connectivity index (χ1v) is 6.76. The summed E-state index contributed by atoms with van der Waals surface area (Å²) in [6.45, 7) is 5.19. The Balaban J connectivity index is 1.98. The Bertz CT molecular complexity index is 539. The SMILES string of the molecule is COc1ncccc1-c1nnc(CCCNC(C)C)o1. The maximum atomic E-state index is 5.65. The quantitative estimate of drug-likeness (QED) is 0.780. The third-order valence-corrected chi connectivity index (χ3v) is 2.78. The Morgan fingerprint density at radius 2 is 2.20 bits per heavy atom. The Morgan fingerprint density at radius 3 is 2.95 bits per heavy atom. The predicted molar refractivity (Wildman–Crippen MR) is 75.5 cm³/mol. The zero-order chi connectivity index (χ0) is 14.4. The average molecular weight is 276 g/mol. The van der Waals surface area contributed by atoms with Crippen LogP contribution >= 0.6 is 0 Å². The normalized spacial score (nSPS) is 11.0. The summed E-state index contributed by atoms with van der Waals surface area (Å²) in [6, 6.07) is 4.16. The molecule has 0 radical (unpaired) electrons. The van der Waals surface area contributed by atoms with E-state index in [-0.39, 0.29) is 0 Å². The van der Waals surface area contributed by atoms with Crippen molar-refractivity contribution in [3.05, 3.63) is 24.2 Å². The largest absolute Gasteiger partial charge is 0.480 e. The molecule has 0 unspecified atom stereocenters. The summed E-state index contributed by atoms with van der Waals surface area (Å²) in [7, 11) is 1.57. The van der Waals surface area contributed by atoms with E-state index >= 15 is 0 Å². The van der Waals surface area contributed by atoms with E-state index in [0.29, 0.717) is 29.3 Å². The third kappa shape index (κ3) is 3.77. The van der Waals surface area contributed by atoms with Gasteiger partial charge in [-0.3, -0.25) is 0 Å². The number of rotatable bonds is 7. The van der Waals surface area contributed by atoms with Crippen molar-refractivity contribution in [3.8, 4) is 17.3 Å². The fraction of sp³-hybridized carbons (Fsp3) is 0.500. The minimum Gasteiger partial charge on any atom is -0.480 e. The maximum Gasteiger partial charge on any atom is 0.253 e. The Labute approximate surface area is 118 Å². The number of hydrogen-bond donors (Lipinski definition) is 1. The second-order valence-electron chi connectivity index (χ2n) is 4.77. The van der Waals surface area contributed by atoms with Crippen molar-refractivity contribution in [1.29, 1.82) is 0 Å². The number of ether oxygens (including phenoxy) is 1. The fourth-order valence-corrected chi connectivity index (χ4v) is 1.81. The average Bonchev–Trinajstić information content (AvgIpc) is 2.92. The van der Waals surface area contributed by atoms with Crippen LogP contribution < -0.4 is 10.1 Å². The van der Waals surface area contributed by atoms with Crippen molar-refractivity contribution in [2.24, 2.45) is 0 Å².